The number of pyridine rings is 1. The molecule has 1 aromatic carbocycles. The monoisotopic (exact) mass is 298 g/mol. The number of carbonyl (C=O) groups is 1. The van der Waals surface area contributed by atoms with Crippen molar-refractivity contribution in [2.75, 3.05) is 0 Å². The van der Waals surface area contributed by atoms with Crippen molar-refractivity contribution in [3.05, 3.63) is 66.0 Å². The highest BCUT2D eigenvalue weighted by Crippen LogP contribution is 2.15. The SMILES string of the molecule is O=C(NCc1ccncc1)c1ccc(F)cc1-n1cnnn1. The summed E-state index contributed by atoms with van der Waals surface area (Å²) in [7, 11) is 0. The van der Waals surface area contributed by atoms with E-state index in [0.717, 1.165) is 5.56 Å². The molecule has 0 radical (unpaired) electrons. The average Bonchev–Trinajstić information content (AvgIpc) is 3.08. The minimum atomic E-state index is -0.476. The average molecular weight is 298 g/mol. The molecule has 0 aliphatic carbocycles. The van der Waals surface area contributed by atoms with Crippen LogP contribution < -0.4 is 5.32 Å². The number of nitrogens with one attached hydrogen (secondary N) is 1. The molecule has 1 N–H and O–H groups in total. The Morgan fingerprint density at radius 1 is 1.23 bits per heavy atom. The van der Waals surface area contributed by atoms with E-state index < -0.39 is 5.82 Å². The lowest BCUT2D eigenvalue weighted by molar-refractivity contribution is 0.0950. The number of halogens is 1. The molecule has 0 fully saturated rings. The van der Waals surface area contributed by atoms with Crippen LogP contribution in [-0.2, 0) is 6.54 Å². The zero-order valence-electron chi connectivity index (χ0n) is 11.3. The fourth-order valence-electron chi connectivity index (χ4n) is 1.94. The Kier molecular flexibility index (Phi) is 3.82. The quantitative estimate of drug-likeness (QED) is 0.780. The topological polar surface area (TPSA) is 85.6 Å². The largest absolute Gasteiger partial charge is 0.348 e. The second kappa shape index (κ2) is 6.08. The normalized spacial score (nSPS) is 10.4. The molecule has 0 saturated heterocycles. The van der Waals surface area contributed by atoms with Crippen molar-refractivity contribution >= 4 is 5.91 Å². The molecule has 8 heteroatoms. The standard InChI is InChI=1S/C14H11FN6O/c15-11-1-2-12(13(7-11)21-9-18-19-20-21)14(22)17-8-10-3-5-16-6-4-10/h1-7,9H,8H2,(H,17,22). The molecule has 7 nitrogen and oxygen atoms in total. The molecule has 22 heavy (non-hydrogen) atoms. The van der Waals surface area contributed by atoms with Gasteiger partial charge in [-0.15, -0.1) is 5.10 Å². The Labute approximate surface area is 124 Å². The summed E-state index contributed by atoms with van der Waals surface area (Å²) in [5, 5.41) is 13.4. The molecule has 0 aliphatic heterocycles. The number of rotatable bonds is 4. The Morgan fingerprint density at radius 3 is 2.77 bits per heavy atom. The van der Waals surface area contributed by atoms with Gasteiger partial charge in [0.25, 0.3) is 5.91 Å². The van der Waals surface area contributed by atoms with Crippen LogP contribution in [0.4, 0.5) is 4.39 Å². The van der Waals surface area contributed by atoms with E-state index in [9.17, 15) is 9.18 Å². The molecule has 0 atom stereocenters. The lowest BCUT2D eigenvalue weighted by Crippen LogP contribution is -2.24. The number of amides is 1. The maximum Gasteiger partial charge on any atom is 0.253 e. The van der Waals surface area contributed by atoms with Gasteiger partial charge in [0.1, 0.15) is 12.1 Å². The van der Waals surface area contributed by atoms with Crippen molar-refractivity contribution in [2.45, 2.75) is 6.54 Å². The van der Waals surface area contributed by atoms with Crippen molar-refractivity contribution in [3.63, 3.8) is 0 Å². The summed E-state index contributed by atoms with van der Waals surface area (Å²) in [4.78, 5) is 16.2. The van der Waals surface area contributed by atoms with E-state index in [1.807, 2.05) is 0 Å². The maximum atomic E-state index is 13.4. The molecule has 2 aromatic heterocycles. The van der Waals surface area contributed by atoms with E-state index in [-0.39, 0.29) is 17.2 Å². The summed E-state index contributed by atoms with van der Waals surface area (Å²) >= 11 is 0. The van der Waals surface area contributed by atoms with Gasteiger partial charge in [0.2, 0.25) is 0 Å². The van der Waals surface area contributed by atoms with Crippen LogP contribution in [0.3, 0.4) is 0 Å². The van der Waals surface area contributed by atoms with Crippen molar-refractivity contribution in [1.82, 2.24) is 30.5 Å². The fourth-order valence-corrected chi connectivity index (χ4v) is 1.94. The predicted molar refractivity (Wildman–Crippen MR) is 74.5 cm³/mol. The number of tetrazole rings is 1. The van der Waals surface area contributed by atoms with Crippen LogP contribution >= 0.6 is 0 Å². The van der Waals surface area contributed by atoms with Crippen molar-refractivity contribution < 1.29 is 9.18 Å². The molecule has 1 amide bonds. The van der Waals surface area contributed by atoms with Gasteiger partial charge in [-0.25, -0.2) is 4.39 Å². The molecular weight excluding hydrogens is 287 g/mol. The smallest absolute Gasteiger partial charge is 0.253 e. The molecule has 0 saturated carbocycles. The van der Waals surface area contributed by atoms with Gasteiger partial charge in [-0.2, -0.15) is 4.68 Å². The highest BCUT2D eigenvalue weighted by Gasteiger charge is 2.14. The van der Waals surface area contributed by atoms with E-state index >= 15 is 0 Å². The third-order valence-corrected chi connectivity index (χ3v) is 3.00. The van der Waals surface area contributed by atoms with Gasteiger partial charge in [-0.3, -0.25) is 9.78 Å². The van der Waals surface area contributed by atoms with E-state index in [1.54, 1.807) is 24.5 Å². The molecule has 3 aromatic rings. The highest BCUT2D eigenvalue weighted by atomic mass is 19.1. The van der Waals surface area contributed by atoms with E-state index in [1.165, 1.54) is 29.2 Å². The van der Waals surface area contributed by atoms with Crippen LogP contribution in [0.25, 0.3) is 5.69 Å². The number of carbonyl (C=O) groups excluding carboxylic acids is 1. The molecule has 110 valence electrons. The number of benzene rings is 1. The molecule has 0 aliphatic rings. The second-order valence-corrected chi connectivity index (χ2v) is 4.45. The summed E-state index contributed by atoms with van der Waals surface area (Å²) in [6, 6.07) is 7.42. The minimum Gasteiger partial charge on any atom is -0.348 e. The zero-order chi connectivity index (χ0) is 15.4. The van der Waals surface area contributed by atoms with Crippen LogP contribution in [0.2, 0.25) is 0 Å². The third-order valence-electron chi connectivity index (χ3n) is 3.00. The van der Waals surface area contributed by atoms with Gasteiger partial charge < -0.3 is 5.32 Å². The van der Waals surface area contributed by atoms with Crippen LogP contribution in [0, 0.1) is 5.82 Å². The molecule has 0 spiro atoms. The Morgan fingerprint density at radius 2 is 2.05 bits per heavy atom. The second-order valence-electron chi connectivity index (χ2n) is 4.45. The van der Waals surface area contributed by atoms with Gasteiger partial charge in [0.05, 0.1) is 11.3 Å². The first-order valence-corrected chi connectivity index (χ1v) is 6.44. The molecule has 2 heterocycles. The van der Waals surface area contributed by atoms with E-state index in [4.69, 9.17) is 0 Å². The first kappa shape index (κ1) is 13.8. The summed E-state index contributed by atoms with van der Waals surface area (Å²) in [5.41, 5.74) is 1.47. The number of aromatic nitrogens is 5. The van der Waals surface area contributed by atoms with Gasteiger partial charge in [-0.05, 0) is 40.3 Å². The summed E-state index contributed by atoms with van der Waals surface area (Å²) in [6.45, 7) is 0.341. The maximum absolute atomic E-state index is 13.4. The van der Waals surface area contributed by atoms with Crippen LogP contribution in [0.15, 0.2) is 49.1 Å². The van der Waals surface area contributed by atoms with Gasteiger partial charge in [0, 0.05) is 25.0 Å². The Hall–Kier alpha value is -3.16. The van der Waals surface area contributed by atoms with Crippen molar-refractivity contribution in [2.24, 2.45) is 0 Å². The molecule has 0 bridgehead atoms. The van der Waals surface area contributed by atoms with Crippen molar-refractivity contribution in [3.8, 4) is 5.69 Å². The van der Waals surface area contributed by atoms with Crippen LogP contribution in [0.1, 0.15) is 15.9 Å². The van der Waals surface area contributed by atoms with Gasteiger partial charge in [-0.1, -0.05) is 0 Å². The fraction of sp³-hybridized carbons (Fsp3) is 0.0714. The first-order chi connectivity index (χ1) is 10.7. The molecular formula is C14H11FN6O. The van der Waals surface area contributed by atoms with Crippen LogP contribution in [0.5, 0.6) is 0 Å². The zero-order valence-corrected chi connectivity index (χ0v) is 11.3. The third kappa shape index (κ3) is 2.95. The summed E-state index contributed by atoms with van der Waals surface area (Å²) < 4.78 is 14.7. The number of nitrogens with zero attached hydrogens (tertiary/aromatic N) is 5. The highest BCUT2D eigenvalue weighted by molar-refractivity contribution is 5.97. The Bertz CT molecular complexity index is 775. The number of hydrogen-bond acceptors (Lipinski definition) is 5. The first-order valence-electron chi connectivity index (χ1n) is 6.44. The molecule has 0 unspecified atom stereocenters. The lowest BCUT2D eigenvalue weighted by atomic mass is 10.1. The van der Waals surface area contributed by atoms with Crippen molar-refractivity contribution in [1.29, 1.82) is 0 Å². The summed E-state index contributed by atoms with van der Waals surface area (Å²) in [6.07, 6.45) is 4.59. The Balaban J connectivity index is 1.83. The van der Waals surface area contributed by atoms with Gasteiger partial charge >= 0.3 is 0 Å². The predicted octanol–water partition coefficient (Wildman–Crippen LogP) is 1.13. The lowest BCUT2D eigenvalue weighted by Gasteiger charge is -2.09. The van der Waals surface area contributed by atoms with E-state index in [0.29, 0.717) is 6.54 Å². The van der Waals surface area contributed by atoms with E-state index in [2.05, 4.69) is 25.8 Å². The van der Waals surface area contributed by atoms with Crippen LogP contribution in [-0.4, -0.2) is 31.1 Å². The summed E-state index contributed by atoms with van der Waals surface area (Å²) in [5.74, 6) is -0.821. The molecule has 3 rings (SSSR count). The minimum absolute atomic E-state index is 0.275. The number of hydrogen-bond donors (Lipinski definition) is 1. The van der Waals surface area contributed by atoms with Gasteiger partial charge in [0.15, 0.2) is 0 Å².